The van der Waals surface area contributed by atoms with E-state index in [0.29, 0.717) is 28.8 Å². The van der Waals surface area contributed by atoms with Crippen molar-refractivity contribution in [3.8, 4) is 17.2 Å². The first-order chi connectivity index (χ1) is 10.1. The lowest BCUT2D eigenvalue weighted by molar-refractivity contribution is 0.0995. The minimum atomic E-state index is -0.412. The molecule has 1 aromatic carbocycles. The summed E-state index contributed by atoms with van der Waals surface area (Å²) in [7, 11) is 4.52. The first-order valence-electron chi connectivity index (χ1n) is 6.12. The molecule has 1 heterocycles. The van der Waals surface area contributed by atoms with Crippen LogP contribution in [0, 0.1) is 6.92 Å². The summed E-state index contributed by atoms with van der Waals surface area (Å²) in [5.74, 6) is 1.48. The molecule has 2 aromatic rings. The zero-order chi connectivity index (χ0) is 15.4. The van der Waals surface area contributed by atoms with Crippen molar-refractivity contribution in [1.82, 2.24) is 4.98 Å². The van der Waals surface area contributed by atoms with Crippen LogP contribution in [0.4, 0.5) is 5.69 Å². The number of anilines is 1. The second-order valence-electron chi connectivity index (χ2n) is 4.11. The van der Waals surface area contributed by atoms with Crippen LogP contribution >= 0.6 is 0 Å². The average molecular weight is 292 g/mol. The lowest BCUT2D eigenvalue weighted by atomic mass is 10.2. The Labute approximate surface area is 121 Å². The molecular formula is C14H16N2O5. The van der Waals surface area contributed by atoms with Gasteiger partial charge in [0.2, 0.25) is 11.5 Å². The van der Waals surface area contributed by atoms with Crippen LogP contribution in [0.3, 0.4) is 0 Å². The van der Waals surface area contributed by atoms with Gasteiger partial charge in [-0.25, -0.2) is 4.98 Å². The summed E-state index contributed by atoms with van der Waals surface area (Å²) in [4.78, 5) is 15.9. The third kappa shape index (κ3) is 3.07. The molecule has 0 aliphatic heterocycles. The molecule has 7 nitrogen and oxygen atoms in total. The summed E-state index contributed by atoms with van der Waals surface area (Å²) in [6.45, 7) is 1.66. The minimum absolute atomic E-state index is 0.126. The molecule has 1 N–H and O–H groups in total. The molecule has 0 radical (unpaired) electrons. The Kier molecular flexibility index (Phi) is 4.32. The number of amides is 1. The monoisotopic (exact) mass is 292 g/mol. The number of benzene rings is 1. The van der Waals surface area contributed by atoms with Gasteiger partial charge in [-0.05, 0) is 0 Å². The van der Waals surface area contributed by atoms with Gasteiger partial charge in [-0.2, -0.15) is 0 Å². The number of nitrogens with one attached hydrogen (secondary N) is 1. The third-order valence-electron chi connectivity index (χ3n) is 2.77. The number of aryl methyl sites for hydroxylation is 1. The van der Waals surface area contributed by atoms with Gasteiger partial charge in [-0.1, -0.05) is 0 Å². The van der Waals surface area contributed by atoms with Crippen molar-refractivity contribution < 1.29 is 23.4 Å². The number of carbonyl (C=O) groups is 1. The molecule has 21 heavy (non-hydrogen) atoms. The van der Waals surface area contributed by atoms with Crippen molar-refractivity contribution in [2.75, 3.05) is 26.6 Å². The highest BCUT2D eigenvalue weighted by atomic mass is 16.5. The molecule has 2 rings (SSSR count). The summed E-state index contributed by atoms with van der Waals surface area (Å²) in [5.41, 5.74) is 0.489. The van der Waals surface area contributed by atoms with Gasteiger partial charge in [0.25, 0.3) is 5.91 Å². The molecule has 7 heteroatoms. The molecule has 0 unspecified atom stereocenters. The number of methoxy groups -OCH3 is 3. The molecule has 0 saturated carbocycles. The van der Waals surface area contributed by atoms with E-state index in [-0.39, 0.29) is 5.76 Å². The van der Waals surface area contributed by atoms with Crippen LogP contribution in [0.25, 0.3) is 0 Å². The van der Waals surface area contributed by atoms with Crippen LogP contribution in [-0.2, 0) is 0 Å². The Morgan fingerprint density at radius 1 is 1.14 bits per heavy atom. The molecule has 0 saturated heterocycles. The second-order valence-corrected chi connectivity index (χ2v) is 4.11. The maximum Gasteiger partial charge on any atom is 0.293 e. The number of nitrogens with zero attached hydrogens (tertiary/aromatic N) is 1. The van der Waals surface area contributed by atoms with Gasteiger partial charge in [-0.3, -0.25) is 4.79 Å². The Bertz CT molecular complexity index is 626. The number of hydrogen-bond acceptors (Lipinski definition) is 6. The van der Waals surface area contributed by atoms with Gasteiger partial charge in [0.1, 0.15) is 0 Å². The van der Waals surface area contributed by atoms with Crippen molar-refractivity contribution in [3.63, 3.8) is 0 Å². The molecule has 0 spiro atoms. The average Bonchev–Trinajstić information content (AvgIpc) is 2.92. The molecule has 1 aromatic heterocycles. The zero-order valence-corrected chi connectivity index (χ0v) is 12.2. The van der Waals surface area contributed by atoms with E-state index in [1.54, 1.807) is 19.1 Å². The van der Waals surface area contributed by atoms with E-state index < -0.39 is 5.91 Å². The van der Waals surface area contributed by atoms with Gasteiger partial charge < -0.3 is 23.9 Å². The lowest BCUT2D eigenvalue weighted by Crippen LogP contribution is -2.11. The normalized spacial score (nSPS) is 10.1. The van der Waals surface area contributed by atoms with Crippen molar-refractivity contribution in [2.45, 2.75) is 6.92 Å². The summed E-state index contributed by atoms with van der Waals surface area (Å²) in [5, 5.41) is 2.68. The predicted octanol–water partition coefficient (Wildman–Crippen LogP) is 2.26. The fourth-order valence-electron chi connectivity index (χ4n) is 1.81. The first-order valence-corrected chi connectivity index (χ1v) is 6.12. The fraction of sp³-hybridized carbons (Fsp3) is 0.286. The zero-order valence-electron chi connectivity index (χ0n) is 12.2. The minimum Gasteiger partial charge on any atom is -0.493 e. The molecule has 0 aliphatic carbocycles. The Hall–Kier alpha value is -2.70. The number of carbonyl (C=O) groups excluding carboxylic acids is 1. The van der Waals surface area contributed by atoms with Gasteiger partial charge in [0.05, 0.1) is 27.5 Å². The van der Waals surface area contributed by atoms with Crippen LogP contribution < -0.4 is 19.5 Å². The quantitative estimate of drug-likeness (QED) is 0.910. The van der Waals surface area contributed by atoms with Crippen molar-refractivity contribution in [1.29, 1.82) is 0 Å². The molecule has 1 amide bonds. The summed E-state index contributed by atoms with van der Waals surface area (Å²) < 4.78 is 20.8. The second kappa shape index (κ2) is 6.17. The number of aromatic nitrogens is 1. The highest BCUT2D eigenvalue weighted by molar-refractivity contribution is 6.02. The van der Waals surface area contributed by atoms with Crippen LogP contribution in [0.2, 0.25) is 0 Å². The Morgan fingerprint density at radius 3 is 2.19 bits per heavy atom. The number of ether oxygens (including phenoxy) is 3. The molecule has 0 atom stereocenters. The van der Waals surface area contributed by atoms with Crippen molar-refractivity contribution in [3.05, 3.63) is 30.0 Å². The van der Waals surface area contributed by atoms with E-state index in [4.69, 9.17) is 18.6 Å². The smallest absolute Gasteiger partial charge is 0.293 e. The van der Waals surface area contributed by atoms with E-state index in [2.05, 4.69) is 10.3 Å². The van der Waals surface area contributed by atoms with E-state index in [1.165, 1.54) is 27.5 Å². The van der Waals surface area contributed by atoms with Crippen LogP contribution in [0.5, 0.6) is 17.2 Å². The summed E-state index contributed by atoms with van der Waals surface area (Å²) in [6.07, 6.45) is 1.36. The topological polar surface area (TPSA) is 82.8 Å². The SMILES string of the molecule is COc1cc(NC(=O)c2cnc(C)o2)cc(OC)c1OC. The summed E-state index contributed by atoms with van der Waals surface area (Å²) >= 11 is 0. The van der Waals surface area contributed by atoms with Crippen molar-refractivity contribution in [2.24, 2.45) is 0 Å². The molecule has 0 fully saturated rings. The van der Waals surface area contributed by atoms with Gasteiger partial charge in [0.15, 0.2) is 17.4 Å². The number of rotatable bonds is 5. The molecule has 0 bridgehead atoms. The van der Waals surface area contributed by atoms with Gasteiger partial charge in [-0.15, -0.1) is 0 Å². The Morgan fingerprint density at radius 2 is 1.76 bits per heavy atom. The van der Waals surface area contributed by atoms with Crippen LogP contribution in [0.15, 0.2) is 22.7 Å². The maximum absolute atomic E-state index is 12.0. The maximum atomic E-state index is 12.0. The third-order valence-corrected chi connectivity index (χ3v) is 2.77. The van der Waals surface area contributed by atoms with Gasteiger partial charge >= 0.3 is 0 Å². The van der Waals surface area contributed by atoms with E-state index in [0.717, 1.165) is 0 Å². The predicted molar refractivity (Wildman–Crippen MR) is 75.3 cm³/mol. The highest BCUT2D eigenvalue weighted by Gasteiger charge is 2.16. The standard InChI is InChI=1S/C14H16N2O5/c1-8-15-7-12(21-8)14(17)16-9-5-10(18-2)13(20-4)11(6-9)19-3/h5-7H,1-4H3,(H,16,17). The lowest BCUT2D eigenvalue weighted by Gasteiger charge is -2.14. The number of oxazole rings is 1. The van der Waals surface area contributed by atoms with Crippen LogP contribution in [-0.4, -0.2) is 32.2 Å². The first kappa shape index (κ1) is 14.7. The largest absolute Gasteiger partial charge is 0.493 e. The Balaban J connectivity index is 2.29. The van der Waals surface area contributed by atoms with Gasteiger partial charge in [0, 0.05) is 24.7 Å². The molecule has 0 aliphatic rings. The van der Waals surface area contributed by atoms with E-state index >= 15 is 0 Å². The van der Waals surface area contributed by atoms with E-state index in [1.807, 2.05) is 0 Å². The van der Waals surface area contributed by atoms with Crippen LogP contribution in [0.1, 0.15) is 16.4 Å². The molecule has 112 valence electrons. The van der Waals surface area contributed by atoms with Crippen molar-refractivity contribution >= 4 is 11.6 Å². The fourth-order valence-corrected chi connectivity index (χ4v) is 1.81. The summed E-state index contributed by atoms with van der Waals surface area (Å²) in [6, 6.07) is 3.25. The number of hydrogen-bond donors (Lipinski definition) is 1. The van der Waals surface area contributed by atoms with E-state index in [9.17, 15) is 4.79 Å². The molecular weight excluding hydrogens is 276 g/mol. The highest BCUT2D eigenvalue weighted by Crippen LogP contribution is 2.39.